The topological polar surface area (TPSA) is 69.9 Å². The monoisotopic (exact) mass is 630 g/mol. The second-order valence-electron chi connectivity index (χ2n) is 14.8. The maximum Gasteiger partial charge on any atom is 0.127 e. The van der Waals surface area contributed by atoms with Crippen LogP contribution < -0.4 is 4.74 Å². The van der Waals surface area contributed by atoms with Gasteiger partial charge in [0.25, 0.3) is 0 Å². The van der Waals surface area contributed by atoms with Crippen molar-refractivity contribution in [3.63, 3.8) is 0 Å². The van der Waals surface area contributed by atoms with Crippen LogP contribution in [0.2, 0.25) is 0 Å². The van der Waals surface area contributed by atoms with E-state index in [-0.39, 0.29) is 34.9 Å². The molecule has 4 heteroatoms. The van der Waals surface area contributed by atoms with Gasteiger partial charge in [0, 0.05) is 28.9 Å². The van der Waals surface area contributed by atoms with Crippen LogP contribution in [-0.4, -0.2) is 20.9 Å². The fraction of sp³-hybridized carbons (Fsp3) is 0.571. The average molecular weight is 631 g/mol. The minimum absolute atomic E-state index is 0.0674. The van der Waals surface area contributed by atoms with Gasteiger partial charge >= 0.3 is 0 Å². The van der Waals surface area contributed by atoms with Gasteiger partial charge in [-0.2, -0.15) is 0 Å². The predicted molar refractivity (Wildman–Crippen MR) is 194 cm³/mol. The van der Waals surface area contributed by atoms with Gasteiger partial charge in [0.2, 0.25) is 0 Å². The lowest BCUT2D eigenvalue weighted by Gasteiger charge is -2.46. The van der Waals surface area contributed by atoms with E-state index in [9.17, 15) is 15.3 Å². The van der Waals surface area contributed by atoms with Gasteiger partial charge < -0.3 is 20.1 Å². The fourth-order valence-electron chi connectivity index (χ4n) is 7.19. The Kier molecular flexibility index (Phi) is 13.5. The number of hydrogen-bond donors (Lipinski definition) is 3. The quantitative estimate of drug-likeness (QED) is 0.161. The molecule has 1 aliphatic heterocycles. The molecule has 1 heterocycles. The van der Waals surface area contributed by atoms with E-state index in [0.29, 0.717) is 17.2 Å². The molecule has 4 rings (SSSR count). The number of benzene rings is 2. The number of unbranched alkanes of at least 4 members (excludes halogenated alkanes) is 4. The SMILES string of the molecule is C=C(C)C(C)C(C=C(C)C)c1c(O)cc(CCCCC)cc1O.CCCCCc1cc(O)c2c(c1)OC(C)(C)[C@H]1CCC(C)=C[C@@H]21. The van der Waals surface area contributed by atoms with Crippen LogP contribution in [0, 0.1) is 11.8 Å². The van der Waals surface area contributed by atoms with Crippen LogP contribution in [0.1, 0.15) is 148 Å². The Balaban J connectivity index is 0.000000250. The summed E-state index contributed by atoms with van der Waals surface area (Å²) in [6.45, 7) is 23.2. The number of rotatable bonds is 12. The third-order valence-corrected chi connectivity index (χ3v) is 10.0. The molecule has 2 unspecified atom stereocenters. The van der Waals surface area contributed by atoms with Crippen LogP contribution in [0.3, 0.4) is 0 Å². The summed E-state index contributed by atoms with van der Waals surface area (Å²) in [4.78, 5) is 0. The Morgan fingerprint density at radius 3 is 1.98 bits per heavy atom. The molecule has 4 atom stereocenters. The number of aromatic hydroxyl groups is 3. The summed E-state index contributed by atoms with van der Waals surface area (Å²) < 4.78 is 6.36. The molecule has 0 saturated heterocycles. The average Bonchev–Trinajstić information content (AvgIpc) is 2.95. The van der Waals surface area contributed by atoms with Gasteiger partial charge in [-0.05, 0) is 121 Å². The lowest BCUT2D eigenvalue weighted by molar-refractivity contribution is 0.0107. The van der Waals surface area contributed by atoms with Gasteiger partial charge in [-0.3, -0.25) is 0 Å². The lowest BCUT2D eigenvalue weighted by atomic mass is 9.68. The summed E-state index contributed by atoms with van der Waals surface area (Å²) in [5.41, 5.74) is 7.27. The zero-order valence-corrected chi connectivity index (χ0v) is 30.3. The van der Waals surface area contributed by atoms with Crippen molar-refractivity contribution >= 4 is 0 Å². The number of hydrogen-bond acceptors (Lipinski definition) is 4. The first-order valence-electron chi connectivity index (χ1n) is 17.8. The highest BCUT2D eigenvalue weighted by molar-refractivity contribution is 5.54. The Morgan fingerprint density at radius 1 is 0.913 bits per heavy atom. The highest BCUT2D eigenvalue weighted by Crippen LogP contribution is 2.53. The second kappa shape index (κ2) is 16.6. The van der Waals surface area contributed by atoms with Crippen molar-refractivity contribution in [2.75, 3.05) is 0 Å². The summed E-state index contributed by atoms with van der Waals surface area (Å²) in [6, 6.07) is 7.74. The lowest BCUT2D eigenvalue weighted by Crippen LogP contribution is -2.45. The number of ether oxygens (including phenoxy) is 1. The van der Waals surface area contributed by atoms with E-state index < -0.39 is 0 Å². The van der Waals surface area contributed by atoms with E-state index in [2.05, 4.69) is 66.3 Å². The Bertz CT molecular complexity index is 1370. The van der Waals surface area contributed by atoms with Crippen LogP contribution in [0.5, 0.6) is 23.0 Å². The van der Waals surface area contributed by atoms with Gasteiger partial charge in [0.1, 0.15) is 28.6 Å². The van der Waals surface area contributed by atoms with Crippen molar-refractivity contribution in [1.82, 2.24) is 0 Å². The molecule has 0 radical (unpaired) electrons. The third kappa shape index (κ3) is 9.46. The van der Waals surface area contributed by atoms with E-state index in [1.807, 2.05) is 39.0 Å². The Morgan fingerprint density at radius 2 is 1.46 bits per heavy atom. The molecule has 2 aromatic rings. The Labute approximate surface area is 280 Å². The van der Waals surface area contributed by atoms with E-state index in [1.165, 1.54) is 30.4 Å². The highest BCUT2D eigenvalue weighted by Gasteiger charge is 2.45. The number of aryl methyl sites for hydroxylation is 2. The minimum Gasteiger partial charge on any atom is -0.507 e. The van der Waals surface area contributed by atoms with Crippen LogP contribution in [0.4, 0.5) is 0 Å². The Hall–Kier alpha value is -3.14. The van der Waals surface area contributed by atoms with Crippen LogP contribution in [-0.2, 0) is 12.8 Å². The summed E-state index contributed by atoms with van der Waals surface area (Å²) in [5.74, 6) is 2.50. The standard InChI is InChI=1S/C21H30O2.C21H32O2/c1-5-6-7-8-15-12-18(22)20-16-11-14(2)9-10-17(16)21(3,4)23-19(20)13-15;1-7-8-9-10-17-12-19(22)21(20(23)13-17)18(11-14(2)3)16(6)15(4)5/h11-13,16-17,22H,5-10H2,1-4H3;11-13,16,18,22-23H,4,7-10H2,1-3,5-6H3/t16-,17+;/m1./s1. The summed E-state index contributed by atoms with van der Waals surface area (Å²) in [7, 11) is 0. The zero-order valence-electron chi connectivity index (χ0n) is 30.3. The summed E-state index contributed by atoms with van der Waals surface area (Å²) >= 11 is 0. The number of phenols is 3. The van der Waals surface area contributed by atoms with Crippen LogP contribution in [0.25, 0.3) is 0 Å². The predicted octanol–water partition coefficient (Wildman–Crippen LogP) is 11.8. The molecule has 2 aliphatic rings. The first kappa shape index (κ1) is 37.3. The van der Waals surface area contributed by atoms with Gasteiger partial charge in [0.15, 0.2) is 0 Å². The first-order valence-corrected chi connectivity index (χ1v) is 17.8. The smallest absolute Gasteiger partial charge is 0.127 e. The molecule has 0 amide bonds. The second-order valence-corrected chi connectivity index (χ2v) is 14.8. The molecule has 1 aliphatic carbocycles. The van der Waals surface area contributed by atoms with Crippen LogP contribution in [0.15, 0.2) is 59.7 Å². The molecule has 2 aromatic carbocycles. The van der Waals surface area contributed by atoms with E-state index in [1.54, 1.807) is 0 Å². The number of allylic oxidation sites excluding steroid dienone is 5. The van der Waals surface area contributed by atoms with Gasteiger partial charge in [-0.25, -0.2) is 0 Å². The molecule has 0 fully saturated rings. The minimum atomic E-state index is -0.177. The van der Waals surface area contributed by atoms with Gasteiger partial charge in [-0.1, -0.05) is 81.9 Å². The summed E-state index contributed by atoms with van der Waals surface area (Å²) in [5, 5.41) is 31.7. The molecule has 0 aromatic heterocycles. The largest absolute Gasteiger partial charge is 0.507 e. The van der Waals surface area contributed by atoms with Gasteiger partial charge in [-0.15, -0.1) is 0 Å². The molecule has 4 nitrogen and oxygen atoms in total. The number of phenolic OH excluding ortho intramolecular Hbond substituents is 3. The van der Waals surface area contributed by atoms with Crippen molar-refractivity contribution in [3.05, 3.63) is 82.0 Å². The molecule has 0 spiro atoms. The molecule has 0 bridgehead atoms. The molecular weight excluding hydrogens is 568 g/mol. The molecule has 3 N–H and O–H groups in total. The molecule has 46 heavy (non-hydrogen) atoms. The maximum atomic E-state index is 10.7. The van der Waals surface area contributed by atoms with Crippen molar-refractivity contribution in [2.45, 2.75) is 144 Å². The van der Waals surface area contributed by atoms with E-state index in [0.717, 1.165) is 73.0 Å². The zero-order chi connectivity index (χ0) is 34.2. The molecule has 254 valence electrons. The third-order valence-electron chi connectivity index (χ3n) is 10.0. The van der Waals surface area contributed by atoms with E-state index >= 15 is 0 Å². The first-order chi connectivity index (χ1) is 21.7. The van der Waals surface area contributed by atoms with Crippen molar-refractivity contribution in [1.29, 1.82) is 0 Å². The normalized spacial score (nSPS) is 19.3. The maximum absolute atomic E-state index is 10.7. The fourth-order valence-corrected chi connectivity index (χ4v) is 7.19. The molecule has 0 saturated carbocycles. The highest BCUT2D eigenvalue weighted by atomic mass is 16.5. The number of fused-ring (bicyclic) bond motifs is 3. The summed E-state index contributed by atoms with van der Waals surface area (Å²) in [6.07, 6.45) is 15.7. The van der Waals surface area contributed by atoms with Crippen LogP contribution >= 0.6 is 0 Å². The van der Waals surface area contributed by atoms with Gasteiger partial charge in [0.05, 0.1) is 0 Å². The van der Waals surface area contributed by atoms with Crippen molar-refractivity contribution in [3.8, 4) is 23.0 Å². The van der Waals surface area contributed by atoms with E-state index in [4.69, 9.17) is 4.74 Å². The van der Waals surface area contributed by atoms with Crippen molar-refractivity contribution in [2.24, 2.45) is 11.8 Å². The van der Waals surface area contributed by atoms with Crippen molar-refractivity contribution < 1.29 is 20.1 Å². The molecular formula is C42H62O4.